The van der Waals surface area contributed by atoms with E-state index in [2.05, 4.69) is 20.3 Å². The van der Waals surface area contributed by atoms with Crippen LogP contribution < -0.4 is 24.8 Å². The van der Waals surface area contributed by atoms with Gasteiger partial charge in [-0.2, -0.15) is 4.98 Å². The predicted molar refractivity (Wildman–Crippen MR) is 187 cm³/mol. The lowest BCUT2D eigenvalue weighted by Gasteiger charge is -2.33. The van der Waals surface area contributed by atoms with E-state index in [4.69, 9.17) is 9.47 Å². The van der Waals surface area contributed by atoms with Crippen LogP contribution in [0.25, 0.3) is 10.8 Å². The van der Waals surface area contributed by atoms with Gasteiger partial charge in [-0.25, -0.2) is 13.2 Å². The fraction of sp³-hybridized carbons (Fsp3) is 0.583. The van der Waals surface area contributed by atoms with Crippen LogP contribution in [0, 0.1) is 17.8 Å². The van der Waals surface area contributed by atoms with Gasteiger partial charge in [0.15, 0.2) is 0 Å². The summed E-state index contributed by atoms with van der Waals surface area (Å²) in [4.78, 5) is 60.6. The number of carboxylic acid groups (broad SMARTS) is 1. The number of methoxy groups -OCH3 is 1. The first-order valence-electron chi connectivity index (χ1n) is 17.7. The molecular formula is C36H47N5O9S. The largest absolute Gasteiger partial charge is 0.481 e. The first-order chi connectivity index (χ1) is 24.2. The molecule has 1 saturated heterocycles. The number of benzene rings is 1. The van der Waals surface area contributed by atoms with Gasteiger partial charge in [0.25, 0.3) is 5.91 Å². The van der Waals surface area contributed by atoms with Crippen LogP contribution in [0.3, 0.4) is 0 Å². The van der Waals surface area contributed by atoms with E-state index in [1.54, 1.807) is 13.0 Å². The van der Waals surface area contributed by atoms with Crippen LogP contribution >= 0.6 is 0 Å². The molecule has 7 atom stereocenters. The van der Waals surface area contributed by atoms with Crippen LogP contribution in [-0.4, -0.2) is 89.4 Å². The Morgan fingerprint density at radius 2 is 1.92 bits per heavy atom. The molecule has 2 aromatic rings. The quantitative estimate of drug-likeness (QED) is 0.293. The first kappa shape index (κ1) is 36.4. The number of pyridine rings is 1. The third-order valence-corrected chi connectivity index (χ3v) is 13.2. The van der Waals surface area contributed by atoms with Crippen molar-refractivity contribution in [3.8, 4) is 11.8 Å². The summed E-state index contributed by atoms with van der Waals surface area (Å²) in [6.45, 7) is 5.47. The Morgan fingerprint density at radius 3 is 2.61 bits per heavy atom. The van der Waals surface area contributed by atoms with Gasteiger partial charge in [0.2, 0.25) is 33.6 Å². The molecule has 15 heteroatoms. The van der Waals surface area contributed by atoms with E-state index < -0.39 is 68.2 Å². The molecular weight excluding hydrogens is 678 g/mol. The molecule has 4 aliphatic rings. The Morgan fingerprint density at radius 1 is 1.18 bits per heavy atom. The van der Waals surface area contributed by atoms with Crippen molar-refractivity contribution in [3.05, 3.63) is 42.5 Å². The molecule has 2 aliphatic heterocycles. The second-order valence-corrected chi connectivity index (χ2v) is 17.0. The minimum atomic E-state index is -4.00. The summed E-state index contributed by atoms with van der Waals surface area (Å²) in [6.07, 6.45) is 5.22. The third kappa shape index (κ3) is 7.35. The second-order valence-electron chi connectivity index (χ2n) is 14.8. The van der Waals surface area contributed by atoms with E-state index in [-0.39, 0.29) is 37.1 Å². The summed E-state index contributed by atoms with van der Waals surface area (Å²) in [6, 6.07) is 6.88. The Hall–Kier alpha value is -4.40. The van der Waals surface area contributed by atoms with Crippen molar-refractivity contribution in [3.63, 3.8) is 0 Å². The van der Waals surface area contributed by atoms with Crippen LogP contribution in [0.1, 0.15) is 72.1 Å². The van der Waals surface area contributed by atoms with Crippen LogP contribution in [0.15, 0.2) is 42.5 Å². The predicted octanol–water partition coefficient (Wildman–Crippen LogP) is 3.50. The maximum atomic E-state index is 14.5. The number of sulfonamides is 1. The van der Waals surface area contributed by atoms with Crippen LogP contribution in [0.2, 0.25) is 0 Å². The average molecular weight is 726 g/mol. The van der Waals surface area contributed by atoms with Crippen molar-refractivity contribution in [1.82, 2.24) is 25.2 Å². The number of allylic oxidation sites excluding steroid dienone is 1. The fourth-order valence-electron chi connectivity index (χ4n) is 7.44. The lowest BCUT2D eigenvalue weighted by molar-refractivity contribution is -0.142. The number of amides is 4. The van der Waals surface area contributed by atoms with Crippen molar-refractivity contribution in [2.24, 2.45) is 17.8 Å². The van der Waals surface area contributed by atoms with Gasteiger partial charge in [-0.05, 0) is 68.7 Å². The van der Waals surface area contributed by atoms with Gasteiger partial charge < -0.3 is 30.1 Å². The molecule has 6 rings (SSSR count). The molecule has 276 valence electrons. The zero-order valence-electron chi connectivity index (χ0n) is 29.4. The minimum absolute atomic E-state index is 0.00630. The van der Waals surface area contributed by atoms with Gasteiger partial charge in [-0.15, -0.1) is 0 Å². The number of nitrogens with one attached hydrogen (secondary N) is 3. The van der Waals surface area contributed by atoms with Gasteiger partial charge in [-0.3, -0.25) is 19.1 Å². The summed E-state index contributed by atoms with van der Waals surface area (Å²) in [5.74, 6) is -2.18. The molecule has 1 aromatic carbocycles. The van der Waals surface area contributed by atoms with E-state index >= 15 is 0 Å². The SMILES string of the molecule is CC[C@@H]1C[C@H](C)CCC=C[C@@H]2C[C@@]2(C(=O)NS(=O)(=O)C2(C)CC2)NC(=O)[C@@H]2C[C@@H](Oc3nc(OC)cc4ccccc34)CN2C(=O)[C@H]1NC(=O)O. The van der Waals surface area contributed by atoms with Gasteiger partial charge in [0.05, 0.1) is 18.4 Å². The molecule has 14 nitrogen and oxygen atoms in total. The topological polar surface area (TPSA) is 193 Å². The molecule has 0 bridgehead atoms. The highest BCUT2D eigenvalue weighted by molar-refractivity contribution is 7.91. The molecule has 3 heterocycles. The highest BCUT2D eigenvalue weighted by Gasteiger charge is 2.63. The Labute approximate surface area is 297 Å². The number of aromatic nitrogens is 1. The molecule has 51 heavy (non-hydrogen) atoms. The molecule has 4 N–H and O–H groups in total. The lowest BCUT2D eigenvalue weighted by Crippen LogP contribution is -2.59. The van der Waals surface area contributed by atoms with E-state index in [1.165, 1.54) is 12.0 Å². The van der Waals surface area contributed by atoms with Gasteiger partial charge >= 0.3 is 6.09 Å². The van der Waals surface area contributed by atoms with Crippen molar-refractivity contribution >= 4 is 44.6 Å². The Balaban J connectivity index is 1.36. The molecule has 4 amide bonds. The van der Waals surface area contributed by atoms with Gasteiger partial charge in [0.1, 0.15) is 23.7 Å². The number of carbonyl (C=O) groups is 4. The van der Waals surface area contributed by atoms with Crippen molar-refractivity contribution in [2.45, 2.75) is 101 Å². The zero-order valence-corrected chi connectivity index (χ0v) is 30.2. The number of fused-ring (bicyclic) bond motifs is 3. The smallest absolute Gasteiger partial charge is 0.405 e. The van der Waals surface area contributed by atoms with Crippen LogP contribution in [0.5, 0.6) is 11.8 Å². The van der Waals surface area contributed by atoms with Crippen molar-refractivity contribution in [2.75, 3.05) is 13.7 Å². The Kier molecular flexibility index (Phi) is 9.96. The standard InChI is InChI=1S/C36H47N5O9S/c1-5-22-16-21(2)10-6-8-12-24-19-36(24,33(44)40-51(47,48)35(3)14-15-35)39-30(42)27-18-25(20-41(27)32(43)29(22)38-34(45)46)50-31-26-13-9-7-11-23(26)17-28(37-31)49-4/h7-9,11-13,17,21-22,24-25,27,29,38H,5-6,10,14-16,18-20H2,1-4H3,(H,39,42)(H,40,44)(H,45,46)/t21-,22-,24-,25-,27+,29+,36-/m1/s1. The number of ether oxygens (including phenoxy) is 2. The molecule has 3 fully saturated rings. The maximum absolute atomic E-state index is 14.5. The van der Waals surface area contributed by atoms with Crippen LogP contribution in [0.4, 0.5) is 4.79 Å². The molecule has 1 aromatic heterocycles. The van der Waals surface area contributed by atoms with E-state index in [1.807, 2.05) is 50.3 Å². The molecule has 0 spiro atoms. The fourth-order valence-corrected chi connectivity index (χ4v) is 8.76. The summed E-state index contributed by atoms with van der Waals surface area (Å²) in [5, 5.41) is 16.6. The lowest BCUT2D eigenvalue weighted by atomic mass is 9.85. The van der Waals surface area contributed by atoms with E-state index in [0.717, 1.165) is 11.8 Å². The second kappa shape index (κ2) is 14.0. The molecule has 0 unspecified atom stereocenters. The zero-order chi connectivity index (χ0) is 36.7. The van der Waals surface area contributed by atoms with Crippen LogP contribution in [-0.2, 0) is 24.4 Å². The normalized spacial score (nSPS) is 30.5. The molecule has 2 saturated carbocycles. The van der Waals surface area contributed by atoms with E-state index in [9.17, 15) is 32.7 Å². The third-order valence-electron chi connectivity index (χ3n) is 11.1. The number of nitrogens with zero attached hydrogens (tertiary/aromatic N) is 2. The average Bonchev–Trinajstić information content (AvgIpc) is 3.97. The number of carbonyl (C=O) groups excluding carboxylic acids is 3. The summed E-state index contributed by atoms with van der Waals surface area (Å²) < 4.78 is 39.2. The molecule has 2 aliphatic carbocycles. The van der Waals surface area contributed by atoms with Crippen molar-refractivity contribution < 1.29 is 42.2 Å². The highest BCUT2D eigenvalue weighted by Crippen LogP contribution is 2.47. The van der Waals surface area contributed by atoms with Gasteiger partial charge in [0, 0.05) is 23.8 Å². The molecule has 0 radical (unpaired) electrons. The number of hydrogen-bond donors (Lipinski definition) is 4. The summed E-state index contributed by atoms with van der Waals surface area (Å²) in [7, 11) is -2.51. The number of rotatable bonds is 8. The maximum Gasteiger partial charge on any atom is 0.405 e. The Bertz CT molecular complexity index is 1850. The van der Waals surface area contributed by atoms with E-state index in [0.29, 0.717) is 43.4 Å². The van der Waals surface area contributed by atoms with Gasteiger partial charge in [-0.1, -0.05) is 50.6 Å². The van der Waals surface area contributed by atoms with Crippen molar-refractivity contribution in [1.29, 1.82) is 0 Å². The minimum Gasteiger partial charge on any atom is -0.481 e. The summed E-state index contributed by atoms with van der Waals surface area (Å²) in [5.41, 5.74) is -1.54. The monoisotopic (exact) mass is 725 g/mol. The first-order valence-corrected chi connectivity index (χ1v) is 19.1. The highest BCUT2D eigenvalue weighted by atomic mass is 32.2. The summed E-state index contributed by atoms with van der Waals surface area (Å²) >= 11 is 0. The number of hydrogen-bond acceptors (Lipinski definition) is 9.